The Hall–Kier alpha value is -7.53. The summed E-state index contributed by atoms with van der Waals surface area (Å²) in [5.74, 6) is 0.371. The summed E-state index contributed by atoms with van der Waals surface area (Å²) in [6, 6.07) is 43.2. The molecule has 0 saturated carbocycles. The molecule has 3 aromatic heterocycles. The van der Waals surface area contributed by atoms with Gasteiger partial charge in [-0.25, -0.2) is 0 Å². The van der Waals surface area contributed by atoms with Gasteiger partial charge < -0.3 is 26.7 Å². The SMILES string of the molecule is CC(C)(C)c1ccc(-c2ccc3oc4ccc5c(=O)n(CCCOc6cc(Cl)c(C7=C8C=C9CCCc%10ccccc%10C9=[N+]8[B-](F)(F)n8c7cc7c8-c8ccccc8CCC7)c(Cl)c6)c(=O)c6ccc(c3c2)c4c56)cc1. The van der Waals surface area contributed by atoms with E-state index >= 15 is 8.63 Å². The molecule has 7 aromatic carbocycles. The van der Waals surface area contributed by atoms with E-state index in [0.29, 0.717) is 86.3 Å². The molecule has 4 aliphatic rings. The van der Waals surface area contributed by atoms with Crippen molar-refractivity contribution in [3.05, 3.63) is 221 Å². The van der Waals surface area contributed by atoms with Crippen molar-refractivity contribution in [1.29, 1.82) is 0 Å². The number of ether oxygens (including phenoxy) is 1. The first kappa shape index (κ1) is 47.0. The summed E-state index contributed by atoms with van der Waals surface area (Å²) in [4.78, 5) is 28.6. The molecule has 0 fully saturated rings. The summed E-state index contributed by atoms with van der Waals surface area (Å²) in [7, 11) is 0. The zero-order valence-corrected chi connectivity index (χ0v) is 43.7. The van der Waals surface area contributed by atoms with Crippen LogP contribution in [-0.4, -0.2) is 32.8 Å². The van der Waals surface area contributed by atoms with Crippen molar-refractivity contribution in [2.24, 2.45) is 0 Å². The zero-order valence-electron chi connectivity index (χ0n) is 42.2. The number of hydrogen-bond donors (Lipinski definition) is 0. The first-order chi connectivity index (χ1) is 36.7. The summed E-state index contributed by atoms with van der Waals surface area (Å²) in [5, 5.41) is 4.50. The number of nitrogens with zero attached hydrogens (tertiary/aromatic N) is 3. The van der Waals surface area contributed by atoms with Gasteiger partial charge in [-0.1, -0.05) is 123 Å². The molecule has 2 aliphatic heterocycles. The monoisotopic (exact) mass is 1040 g/mol. The molecule has 14 rings (SSSR count). The third-order valence-electron chi connectivity index (χ3n) is 16.4. The van der Waals surface area contributed by atoms with Crippen molar-refractivity contribution in [2.75, 3.05) is 6.61 Å². The predicted octanol–water partition coefficient (Wildman–Crippen LogP) is 15.3. The van der Waals surface area contributed by atoms with E-state index in [-0.39, 0.29) is 39.7 Å². The molecule has 0 amide bonds. The zero-order chi connectivity index (χ0) is 51.9. The predicted molar refractivity (Wildman–Crippen MR) is 304 cm³/mol. The maximum Gasteiger partial charge on any atom is 0.737 e. The van der Waals surface area contributed by atoms with E-state index in [1.807, 2.05) is 84.9 Å². The number of rotatable bonds is 7. The Balaban J connectivity index is 0.796. The van der Waals surface area contributed by atoms with Gasteiger partial charge in [-0.15, -0.1) is 0 Å². The van der Waals surface area contributed by atoms with Crippen molar-refractivity contribution in [1.82, 2.24) is 9.05 Å². The Bertz CT molecular complexity index is 4330. The first-order valence-electron chi connectivity index (χ1n) is 26.3. The van der Waals surface area contributed by atoms with Crippen LogP contribution in [0.2, 0.25) is 10.0 Å². The number of aromatic nitrogens is 2. The maximum atomic E-state index is 18.2. The van der Waals surface area contributed by atoms with E-state index < -0.39 is 6.97 Å². The number of pyridine rings is 1. The van der Waals surface area contributed by atoms with Gasteiger partial charge in [0, 0.05) is 67.6 Å². The average molecular weight is 1040 g/mol. The smallest absolute Gasteiger partial charge is 0.493 e. The van der Waals surface area contributed by atoms with E-state index in [4.69, 9.17) is 32.4 Å². The Morgan fingerprint density at radius 1 is 0.671 bits per heavy atom. The molecule has 0 N–H and O–H groups in total. The van der Waals surface area contributed by atoms with Crippen molar-refractivity contribution < 1.29 is 22.3 Å². The van der Waals surface area contributed by atoms with Gasteiger partial charge in [0.1, 0.15) is 16.9 Å². The van der Waals surface area contributed by atoms with Crippen LogP contribution in [0, 0.1) is 0 Å². The lowest BCUT2D eigenvalue weighted by Gasteiger charge is -2.34. The summed E-state index contributed by atoms with van der Waals surface area (Å²) >= 11 is 14.7. The fourth-order valence-corrected chi connectivity index (χ4v) is 13.5. The Morgan fingerprint density at radius 2 is 1.30 bits per heavy atom. The Kier molecular flexibility index (Phi) is 10.7. The van der Waals surface area contributed by atoms with Crippen LogP contribution in [0.25, 0.3) is 71.4 Å². The van der Waals surface area contributed by atoms with Gasteiger partial charge in [-0.2, -0.15) is 0 Å². The summed E-state index contributed by atoms with van der Waals surface area (Å²) in [6.07, 6.45) is 6.78. The largest absolute Gasteiger partial charge is 0.737 e. The molecular formula is C64H50BCl2F2N3O4. The average Bonchev–Trinajstić information content (AvgIpc) is 3.93. The first-order valence-corrected chi connectivity index (χ1v) is 27.1. The number of fused-ring (bicyclic) bond motifs is 11. The van der Waals surface area contributed by atoms with E-state index in [1.165, 1.54) is 19.1 Å². The molecule has 0 spiro atoms. The van der Waals surface area contributed by atoms with Crippen LogP contribution in [0.15, 0.2) is 165 Å². The van der Waals surface area contributed by atoms with Crippen LogP contribution in [-0.2, 0) is 31.2 Å². The van der Waals surface area contributed by atoms with Gasteiger partial charge in [0.25, 0.3) is 11.1 Å². The van der Waals surface area contributed by atoms with Crippen LogP contribution in [0.1, 0.15) is 85.5 Å². The van der Waals surface area contributed by atoms with Gasteiger partial charge in [0.15, 0.2) is 11.4 Å². The minimum Gasteiger partial charge on any atom is -0.493 e. The van der Waals surface area contributed by atoms with Crippen molar-refractivity contribution >= 4 is 84.9 Å². The molecule has 10 aromatic rings. The van der Waals surface area contributed by atoms with Gasteiger partial charge in [0.05, 0.1) is 22.2 Å². The Morgan fingerprint density at radius 3 is 2.04 bits per heavy atom. The summed E-state index contributed by atoms with van der Waals surface area (Å²) in [5.41, 5.74) is 12.2. The standard InChI is InChI=1S/C64H50BCl2F2N3O4/c1-64(2,3)42-22-19-36(20-23-42)39-21-27-54-49(31-39)46-24-25-47-56-48(26-28-55(76-54)57(46)56)63(74)70(62(47)73)29-10-30-75-43-34-50(66)58(51(67)35-43)59-52-32-40-15-8-13-37-11-4-6-17-44(37)60(40)71(52)65(68,69)72-53(59)33-41-16-9-14-38-12-5-7-18-45(38)61(41)72/h4-7,11-12,17-28,31-35H,8-10,13-16,29-30H2,1-3H3. The van der Waals surface area contributed by atoms with E-state index in [2.05, 4.69) is 57.2 Å². The minimum atomic E-state index is -4.42. The highest BCUT2D eigenvalue weighted by Gasteiger charge is 2.57. The van der Waals surface area contributed by atoms with Gasteiger partial charge in [-0.3, -0.25) is 14.2 Å². The van der Waals surface area contributed by atoms with Crippen LogP contribution in [0.5, 0.6) is 5.75 Å². The van der Waals surface area contributed by atoms with Crippen molar-refractivity contribution in [3.63, 3.8) is 0 Å². The lowest BCUT2D eigenvalue weighted by atomic mass is 9.84. The highest BCUT2D eigenvalue weighted by molar-refractivity contribution is 6.59. The second-order valence-electron chi connectivity index (χ2n) is 21.9. The van der Waals surface area contributed by atoms with E-state index in [1.54, 1.807) is 18.2 Å². The number of aryl methyl sites for hydroxylation is 3. The van der Waals surface area contributed by atoms with Crippen molar-refractivity contribution in [2.45, 2.75) is 77.7 Å². The third-order valence-corrected chi connectivity index (χ3v) is 17.0. The topological polar surface area (TPSA) is 69.4 Å². The van der Waals surface area contributed by atoms with Gasteiger partial charge in [0.2, 0.25) is 0 Å². The molecule has 0 atom stereocenters. The molecule has 0 saturated heterocycles. The molecule has 0 radical (unpaired) electrons. The second kappa shape index (κ2) is 17.2. The molecule has 76 heavy (non-hydrogen) atoms. The number of benzene rings is 7. The quantitative estimate of drug-likeness (QED) is 0.0690. The normalized spacial score (nSPS) is 15.9. The molecular weight excluding hydrogens is 994 g/mol. The van der Waals surface area contributed by atoms with E-state index in [9.17, 15) is 9.59 Å². The molecule has 7 nitrogen and oxygen atoms in total. The Labute approximate surface area is 447 Å². The molecule has 0 unspecified atom stereocenters. The second-order valence-corrected chi connectivity index (χ2v) is 22.7. The fraction of sp³-hybridized carbons (Fsp3) is 0.203. The number of allylic oxidation sites excluding steroid dienone is 2. The lowest BCUT2D eigenvalue weighted by molar-refractivity contribution is -0.361. The molecule has 5 heterocycles. The van der Waals surface area contributed by atoms with E-state index in [0.717, 1.165) is 86.4 Å². The van der Waals surface area contributed by atoms with Gasteiger partial charge >= 0.3 is 6.97 Å². The fourth-order valence-electron chi connectivity index (χ4n) is 12.8. The van der Waals surface area contributed by atoms with Crippen LogP contribution in [0.4, 0.5) is 8.63 Å². The molecule has 0 bridgehead atoms. The summed E-state index contributed by atoms with van der Waals surface area (Å²) in [6.45, 7) is 2.40. The molecule has 376 valence electrons. The highest BCUT2D eigenvalue weighted by atomic mass is 35.5. The highest BCUT2D eigenvalue weighted by Crippen LogP contribution is 2.51. The van der Waals surface area contributed by atoms with Crippen LogP contribution in [0.3, 0.4) is 0 Å². The maximum absolute atomic E-state index is 18.2. The van der Waals surface area contributed by atoms with Crippen LogP contribution < -0.4 is 15.9 Å². The number of halogens is 4. The van der Waals surface area contributed by atoms with Crippen LogP contribution >= 0.6 is 23.2 Å². The lowest BCUT2D eigenvalue weighted by Crippen LogP contribution is -2.51. The van der Waals surface area contributed by atoms with Crippen molar-refractivity contribution in [3.8, 4) is 28.1 Å². The number of hydrogen-bond acceptors (Lipinski definition) is 4. The minimum absolute atomic E-state index is 0.0371. The third kappa shape index (κ3) is 7.09. The molecule has 12 heteroatoms. The van der Waals surface area contributed by atoms with Gasteiger partial charge in [-0.05, 0) is 149 Å². The molecule has 2 aliphatic carbocycles. The summed E-state index contributed by atoms with van der Waals surface area (Å²) < 4.78 is 52.9.